The highest BCUT2D eigenvalue weighted by molar-refractivity contribution is 7.90. The molecule has 1 N–H and O–H groups in total. The number of amides is 1. The van der Waals surface area contributed by atoms with Gasteiger partial charge in [0.05, 0.1) is 11.7 Å². The van der Waals surface area contributed by atoms with Crippen molar-refractivity contribution < 1.29 is 13.2 Å². The largest absolute Gasteiger partial charge is 0.348 e. The molecular weight excluding hydrogens is 386 g/mol. The zero-order valence-corrected chi connectivity index (χ0v) is 18.8. The van der Waals surface area contributed by atoms with E-state index in [0.717, 1.165) is 14.2 Å². The quantitative estimate of drug-likeness (QED) is 0.750. The van der Waals surface area contributed by atoms with E-state index in [-0.39, 0.29) is 23.9 Å². The van der Waals surface area contributed by atoms with E-state index < -0.39 is 10.2 Å². The van der Waals surface area contributed by atoms with E-state index in [9.17, 15) is 13.2 Å². The van der Waals surface area contributed by atoms with Gasteiger partial charge >= 0.3 is 10.2 Å². The van der Waals surface area contributed by atoms with Crippen LogP contribution in [0, 0.1) is 0 Å². The Morgan fingerprint density at radius 3 is 2.03 bits per heavy atom. The van der Waals surface area contributed by atoms with Crippen LogP contribution in [0.3, 0.4) is 0 Å². The molecule has 6 nitrogen and oxygen atoms in total. The van der Waals surface area contributed by atoms with E-state index in [2.05, 4.69) is 38.2 Å². The number of hydrogen-bond donors (Lipinski definition) is 1. The van der Waals surface area contributed by atoms with Crippen molar-refractivity contribution in [1.82, 2.24) is 9.62 Å². The smallest absolute Gasteiger partial charge is 0.304 e. The van der Waals surface area contributed by atoms with E-state index in [4.69, 9.17) is 0 Å². The summed E-state index contributed by atoms with van der Waals surface area (Å²) >= 11 is 0. The van der Waals surface area contributed by atoms with E-state index in [1.165, 1.54) is 19.7 Å². The molecule has 0 saturated heterocycles. The van der Waals surface area contributed by atoms with Gasteiger partial charge in [-0.05, 0) is 35.6 Å². The Morgan fingerprint density at radius 1 is 1.00 bits per heavy atom. The molecule has 0 aliphatic rings. The van der Waals surface area contributed by atoms with E-state index >= 15 is 0 Å². The average molecular weight is 418 g/mol. The van der Waals surface area contributed by atoms with Crippen LogP contribution in [0.2, 0.25) is 0 Å². The minimum Gasteiger partial charge on any atom is -0.348 e. The Balaban J connectivity index is 2.16. The Morgan fingerprint density at radius 2 is 1.55 bits per heavy atom. The second kappa shape index (κ2) is 8.97. The number of anilines is 1. The SMILES string of the molecule is C[C@H](NC(=O)CN(c1ccccc1)S(=O)(=O)N(C)C)c1ccc(C(C)(C)C)cc1. The second-order valence-corrected chi connectivity index (χ2v) is 10.4. The number of rotatable bonds is 7. The van der Waals surface area contributed by atoms with Gasteiger partial charge < -0.3 is 5.32 Å². The summed E-state index contributed by atoms with van der Waals surface area (Å²) in [5, 5.41) is 2.90. The fourth-order valence-electron chi connectivity index (χ4n) is 2.87. The molecular formula is C22H31N3O3S. The standard InChI is InChI=1S/C22H31N3O3S/c1-17(18-12-14-19(15-13-18)22(2,3)4)23-21(26)16-25(29(27,28)24(5)6)20-10-8-7-9-11-20/h7-15,17H,16H2,1-6H3,(H,23,26)/t17-/m0/s1. The first-order valence-electron chi connectivity index (χ1n) is 9.58. The van der Waals surface area contributed by atoms with Crippen molar-refractivity contribution in [3.63, 3.8) is 0 Å². The van der Waals surface area contributed by atoms with Gasteiger partial charge in [-0.2, -0.15) is 12.7 Å². The number of carbonyl (C=O) groups is 1. The molecule has 0 unspecified atom stereocenters. The molecule has 0 saturated carbocycles. The molecule has 2 aromatic rings. The van der Waals surface area contributed by atoms with Gasteiger partial charge in [0.15, 0.2) is 0 Å². The normalized spacial score (nSPS) is 13.2. The predicted octanol–water partition coefficient (Wildman–Crippen LogP) is 3.47. The molecule has 0 aromatic heterocycles. The lowest BCUT2D eigenvalue weighted by atomic mass is 9.86. The van der Waals surface area contributed by atoms with Crippen molar-refractivity contribution in [1.29, 1.82) is 0 Å². The molecule has 0 aliphatic carbocycles. The van der Waals surface area contributed by atoms with E-state index in [1.54, 1.807) is 30.3 Å². The highest BCUT2D eigenvalue weighted by Gasteiger charge is 2.27. The summed E-state index contributed by atoms with van der Waals surface area (Å²) in [6.07, 6.45) is 0. The summed E-state index contributed by atoms with van der Waals surface area (Å²) in [6.45, 7) is 8.04. The molecule has 0 spiro atoms. The first kappa shape index (κ1) is 22.9. The van der Waals surface area contributed by atoms with Crippen LogP contribution in [-0.4, -0.2) is 39.3 Å². The van der Waals surface area contributed by atoms with Crippen molar-refractivity contribution >= 4 is 21.8 Å². The summed E-state index contributed by atoms with van der Waals surface area (Å²) in [6, 6.07) is 16.5. The molecule has 158 valence electrons. The number of nitrogens with zero attached hydrogens (tertiary/aromatic N) is 2. The summed E-state index contributed by atoms with van der Waals surface area (Å²) in [5.41, 5.74) is 2.68. The summed E-state index contributed by atoms with van der Waals surface area (Å²) in [7, 11) is -0.910. The molecule has 0 fully saturated rings. The van der Waals surface area contributed by atoms with Crippen LogP contribution in [0.4, 0.5) is 5.69 Å². The molecule has 29 heavy (non-hydrogen) atoms. The topological polar surface area (TPSA) is 69.7 Å². The summed E-state index contributed by atoms with van der Waals surface area (Å²) in [4.78, 5) is 12.7. The van der Waals surface area contributed by atoms with Gasteiger partial charge in [-0.25, -0.2) is 4.31 Å². The van der Waals surface area contributed by atoms with Gasteiger partial charge in [0, 0.05) is 14.1 Å². The first-order valence-corrected chi connectivity index (χ1v) is 11.0. The van der Waals surface area contributed by atoms with Gasteiger partial charge in [0.25, 0.3) is 0 Å². The van der Waals surface area contributed by atoms with Gasteiger partial charge in [-0.15, -0.1) is 0 Å². The lowest BCUT2D eigenvalue weighted by molar-refractivity contribution is -0.120. The highest BCUT2D eigenvalue weighted by Crippen LogP contribution is 2.24. The Kier molecular flexibility index (Phi) is 7.08. The fraction of sp³-hybridized carbons (Fsp3) is 0.409. The minimum absolute atomic E-state index is 0.0573. The van der Waals surface area contributed by atoms with E-state index in [0.29, 0.717) is 5.69 Å². The third-order valence-electron chi connectivity index (χ3n) is 4.73. The molecule has 0 heterocycles. The van der Waals surface area contributed by atoms with E-state index in [1.807, 2.05) is 19.1 Å². The minimum atomic E-state index is -3.80. The van der Waals surface area contributed by atoms with Crippen LogP contribution < -0.4 is 9.62 Å². The average Bonchev–Trinajstić information content (AvgIpc) is 2.66. The van der Waals surface area contributed by atoms with Crippen LogP contribution in [-0.2, 0) is 20.4 Å². The number of para-hydroxylation sites is 1. The van der Waals surface area contributed by atoms with Crippen molar-refractivity contribution in [2.24, 2.45) is 0 Å². The van der Waals surface area contributed by atoms with Crippen LogP contribution in [0.1, 0.15) is 44.9 Å². The maximum absolute atomic E-state index is 12.7. The Labute approximate surface area is 174 Å². The van der Waals surface area contributed by atoms with Gasteiger partial charge in [-0.1, -0.05) is 63.2 Å². The first-order chi connectivity index (χ1) is 13.4. The molecule has 0 bridgehead atoms. The Hall–Kier alpha value is -2.38. The van der Waals surface area contributed by atoms with Gasteiger partial charge in [-0.3, -0.25) is 4.79 Å². The fourth-order valence-corrected chi connectivity index (χ4v) is 3.93. The lowest BCUT2D eigenvalue weighted by Crippen LogP contribution is -2.46. The highest BCUT2D eigenvalue weighted by atomic mass is 32.2. The van der Waals surface area contributed by atoms with Crippen LogP contribution in [0.15, 0.2) is 54.6 Å². The molecule has 1 amide bonds. The number of nitrogens with one attached hydrogen (secondary N) is 1. The third kappa shape index (κ3) is 5.81. The maximum Gasteiger partial charge on any atom is 0.304 e. The second-order valence-electron chi connectivity index (χ2n) is 8.29. The predicted molar refractivity (Wildman–Crippen MR) is 118 cm³/mol. The molecule has 0 aliphatic heterocycles. The molecule has 0 radical (unpaired) electrons. The number of hydrogen-bond acceptors (Lipinski definition) is 3. The van der Waals surface area contributed by atoms with Crippen LogP contribution >= 0.6 is 0 Å². The third-order valence-corrected chi connectivity index (χ3v) is 6.55. The van der Waals surface area contributed by atoms with Crippen molar-refractivity contribution in [3.05, 3.63) is 65.7 Å². The molecule has 7 heteroatoms. The van der Waals surface area contributed by atoms with Crippen molar-refractivity contribution in [2.45, 2.75) is 39.2 Å². The molecule has 2 rings (SSSR count). The summed E-state index contributed by atoms with van der Waals surface area (Å²) < 4.78 is 27.7. The molecule has 2 aromatic carbocycles. The zero-order chi connectivity index (χ0) is 21.8. The van der Waals surface area contributed by atoms with Gasteiger partial charge in [0.1, 0.15) is 6.54 Å². The lowest BCUT2D eigenvalue weighted by Gasteiger charge is -2.27. The maximum atomic E-state index is 12.7. The van der Waals surface area contributed by atoms with Gasteiger partial charge in [0.2, 0.25) is 5.91 Å². The summed E-state index contributed by atoms with van der Waals surface area (Å²) in [5.74, 6) is -0.369. The van der Waals surface area contributed by atoms with Crippen molar-refractivity contribution in [2.75, 3.05) is 24.9 Å². The van der Waals surface area contributed by atoms with Crippen LogP contribution in [0.5, 0.6) is 0 Å². The number of benzene rings is 2. The Bertz CT molecular complexity index is 918. The monoisotopic (exact) mass is 417 g/mol. The zero-order valence-electron chi connectivity index (χ0n) is 18.0. The van der Waals surface area contributed by atoms with Crippen molar-refractivity contribution in [3.8, 4) is 0 Å². The molecule has 1 atom stereocenters. The van der Waals surface area contributed by atoms with Crippen LogP contribution in [0.25, 0.3) is 0 Å². The number of carbonyl (C=O) groups excluding carboxylic acids is 1.